The van der Waals surface area contributed by atoms with Crippen molar-refractivity contribution in [2.45, 2.75) is 17.6 Å². The summed E-state index contributed by atoms with van der Waals surface area (Å²) >= 11 is 0. The summed E-state index contributed by atoms with van der Waals surface area (Å²) in [7, 11) is -2.29. The van der Waals surface area contributed by atoms with Gasteiger partial charge >= 0.3 is 6.18 Å². The molecule has 0 saturated heterocycles. The molecule has 0 aliphatic heterocycles. The van der Waals surface area contributed by atoms with Gasteiger partial charge in [0.05, 0.1) is 17.6 Å². The molecule has 2 aromatic rings. The Labute approximate surface area is 132 Å². The number of nitrogens with one attached hydrogen (secondary N) is 1. The van der Waals surface area contributed by atoms with E-state index in [1.165, 1.54) is 43.5 Å². The van der Waals surface area contributed by atoms with Crippen LogP contribution in [0.2, 0.25) is 0 Å². The van der Waals surface area contributed by atoms with Crippen molar-refractivity contribution in [2.75, 3.05) is 7.11 Å². The van der Waals surface area contributed by atoms with E-state index in [0.717, 1.165) is 12.1 Å². The second-order valence-electron chi connectivity index (χ2n) is 4.69. The number of rotatable bonds is 5. The number of hydrogen-bond acceptors (Lipinski definition) is 3. The highest BCUT2D eigenvalue weighted by atomic mass is 32.2. The van der Waals surface area contributed by atoms with Crippen molar-refractivity contribution in [2.24, 2.45) is 0 Å². The van der Waals surface area contributed by atoms with Gasteiger partial charge in [-0.25, -0.2) is 13.1 Å². The van der Waals surface area contributed by atoms with Crippen molar-refractivity contribution in [1.29, 1.82) is 0 Å². The molecule has 0 fully saturated rings. The minimum atomic E-state index is -4.42. The van der Waals surface area contributed by atoms with Gasteiger partial charge < -0.3 is 4.74 Å². The van der Waals surface area contributed by atoms with Crippen LogP contribution in [0.4, 0.5) is 13.2 Å². The van der Waals surface area contributed by atoms with Gasteiger partial charge in [-0.15, -0.1) is 0 Å². The maximum atomic E-state index is 12.5. The third-order valence-electron chi connectivity index (χ3n) is 3.12. The molecule has 23 heavy (non-hydrogen) atoms. The number of hydrogen-bond donors (Lipinski definition) is 1. The average molecular weight is 345 g/mol. The summed E-state index contributed by atoms with van der Waals surface area (Å²) in [5.74, 6) is 0.520. The van der Waals surface area contributed by atoms with Crippen molar-refractivity contribution in [3.05, 3.63) is 59.7 Å². The van der Waals surface area contributed by atoms with E-state index in [-0.39, 0.29) is 11.4 Å². The third kappa shape index (κ3) is 4.46. The molecule has 2 aromatic carbocycles. The highest BCUT2D eigenvalue weighted by Gasteiger charge is 2.29. The van der Waals surface area contributed by atoms with E-state index in [9.17, 15) is 21.6 Å². The SMILES string of the molecule is COc1ccc(S(=O)(=O)NCc2ccc(C(F)(F)F)cc2)cc1. The van der Waals surface area contributed by atoms with Crippen molar-refractivity contribution in [3.8, 4) is 5.75 Å². The van der Waals surface area contributed by atoms with Crippen LogP contribution in [0, 0.1) is 0 Å². The molecule has 2 rings (SSSR count). The fourth-order valence-corrected chi connectivity index (χ4v) is 2.85. The van der Waals surface area contributed by atoms with Gasteiger partial charge in [0, 0.05) is 6.54 Å². The summed E-state index contributed by atoms with van der Waals surface area (Å²) in [5.41, 5.74) is -0.352. The molecule has 0 atom stereocenters. The second-order valence-corrected chi connectivity index (χ2v) is 6.46. The zero-order chi connectivity index (χ0) is 17.1. The molecule has 0 aliphatic rings. The minimum Gasteiger partial charge on any atom is -0.497 e. The fraction of sp³-hybridized carbons (Fsp3) is 0.200. The lowest BCUT2D eigenvalue weighted by Crippen LogP contribution is -2.23. The molecular formula is C15H14F3NO3S. The van der Waals surface area contributed by atoms with E-state index in [1.807, 2.05) is 0 Å². The summed E-state index contributed by atoms with van der Waals surface area (Å²) in [4.78, 5) is 0.0465. The molecule has 0 bridgehead atoms. The summed E-state index contributed by atoms with van der Waals surface area (Å²) < 4.78 is 68.8. The maximum Gasteiger partial charge on any atom is 0.416 e. The molecule has 0 aliphatic carbocycles. The highest BCUT2D eigenvalue weighted by Crippen LogP contribution is 2.29. The summed E-state index contributed by atoms with van der Waals surface area (Å²) in [6.45, 7) is -0.105. The van der Waals surface area contributed by atoms with Gasteiger partial charge in [-0.2, -0.15) is 13.2 Å². The topological polar surface area (TPSA) is 55.4 Å². The lowest BCUT2D eigenvalue weighted by atomic mass is 10.1. The first-order valence-electron chi connectivity index (χ1n) is 6.52. The first-order chi connectivity index (χ1) is 10.7. The van der Waals surface area contributed by atoms with E-state index < -0.39 is 21.8 Å². The molecule has 0 unspecified atom stereocenters. The monoisotopic (exact) mass is 345 g/mol. The van der Waals surface area contributed by atoms with Crippen LogP contribution in [0.15, 0.2) is 53.4 Å². The van der Waals surface area contributed by atoms with Crippen LogP contribution in [-0.2, 0) is 22.7 Å². The average Bonchev–Trinajstić information content (AvgIpc) is 2.53. The number of benzene rings is 2. The standard InChI is InChI=1S/C15H14F3NO3S/c1-22-13-6-8-14(9-7-13)23(20,21)19-10-11-2-4-12(5-3-11)15(16,17)18/h2-9,19H,10H2,1H3. The third-order valence-corrected chi connectivity index (χ3v) is 4.53. The van der Waals surface area contributed by atoms with Gasteiger partial charge in [-0.1, -0.05) is 12.1 Å². The Hall–Kier alpha value is -2.06. The Bertz CT molecular complexity index is 754. The van der Waals surface area contributed by atoms with E-state index >= 15 is 0 Å². The number of methoxy groups -OCH3 is 1. The number of halogens is 3. The number of sulfonamides is 1. The normalized spacial score (nSPS) is 12.2. The van der Waals surface area contributed by atoms with Gasteiger partial charge in [0.25, 0.3) is 0 Å². The molecule has 1 N–H and O–H groups in total. The largest absolute Gasteiger partial charge is 0.497 e. The molecule has 4 nitrogen and oxygen atoms in total. The van der Waals surface area contributed by atoms with E-state index in [0.29, 0.717) is 11.3 Å². The zero-order valence-electron chi connectivity index (χ0n) is 12.1. The van der Waals surface area contributed by atoms with Crippen LogP contribution in [0.3, 0.4) is 0 Å². The van der Waals surface area contributed by atoms with Gasteiger partial charge in [-0.3, -0.25) is 0 Å². The van der Waals surface area contributed by atoms with Crippen LogP contribution in [0.25, 0.3) is 0 Å². The molecule has 0 saturated carbocycles. The number of alkyl halides is 3. The van der Waals surface area contributed by atoms with Crippen molar-refractivity contribution in [3.63, 3.8) is 0 Å². The first-order valence-corrected chi connectivity index (χ1v) is 8.00. The predicted octanol–water partition coefficient (Wildman–Crippen LogP) is 3.19. The van der Waals surface area contributed by atoms with Gasteiger partial charge in [0.15, 0.2) is 0 Å². The van der Waals surface area contributed by atoms with Gasteiger partial charge in [-0.05, 0) is 42.0 Å². The fourth-order valence-electron chi connectivity index (χ4n) is 1.83. The zero-order valence-corrected chi connectivity index (χ0v) is 12.9. The van der Waals surface area contributed by atoms with Crippen LogP contribution >= 0.6 is 0 Å². The molecule has 0 radical (unpaired) electrons. The number of ether oxygens (including phenoxy) is 1. The summed E-state index contributed by atoms with van der Waals surface area (Å²) in [6, 6.07) is 10.1. The predicted molar refractivity (Wildman–Crippen MR) is 78.5 cm³/mol. The molecule has 124 valence electrons. The van der Waals surface area contributed by atoms with Crippen LogP contribution in [0.1, 0.15) is 11.1 Å². The maximum absolute atomic E-state index is 12.5. The smallest absolute Gasteiger partial charge is 0.416 e. The lowest BCUT2D eigenvalue weighted by Gasteiger charge is -2.09. The molecular weight excluding hydrogens is 331 g/mol. The lowest BCUT2D eigenvalue weighted by molar-refractivity contribution is -0.137. The van der Waals surface area contributed by atoms with E-state index in [4.69, 9.17) is 4.74 Å². The molecule has 0 amide bonds. The molecule has 8 heteroatoms. The Morgan fingerprint density at radius 1 is 1.00 bits per heavy atom. The van der Waals surface area contributed by atoms with E-state index in [2.05, 4.69) is 4.72 Å². The van der Waals surface area contributed by atoms with Crippen molar-refractivity contribution in [1.82, 2.24) is 4.72 Å². The van der Waals surface area contributed by atoms with Crippen LogP contribution in [-0.4, -0.2) is 15.5 Å². The molecule has 0 heterocycles. The Kier molecular flexibility index (Phi) is 4.96. The van der Waals surface area contributed by atoms with Crippen LogP contribution in [0.5, 0.6) is 5.75 Å². The van der Waals surface area contributed by atoms with Crippen molar-refractivity contribution >= 4 is 10.0 Å². The minimum absolute atomic E-state index is 0.0465. The first kappa shape index (κ1) is 17.3. The van der Waals surface area contributed by atoms with Gasteiger partial charge in [0.1, 0.15) is 5.75 Å². The summed E-state index contributed by atoms with van der Waals surface area (Å²) in [6.07, 6.45) is -4.42. The van der Waals surface area contributed by atoms with E-state index in [1.54, 1.807) is 0 Å². The molecule has 0 aromatic heterocycles. The van der Waals surface area contributed by atoms with Crippen molar-refractivity contribution < 1.29 is 26.3 Å². The Balaban J connectivity index is 2.06. The molecule has 0 spiro atoms. The summed E-state index contributed by atoms with van der Waals surface area (Å²) in [5, 5.41) is 0. The Morgan fingerprint density at radius 2 is 1.57 bits per heavy atom. The highest BCUT2D eigenvalue weighted by molar-refractivity contribution is 7.89. The van der Waals surface area contributed by atoms with Gasteiger partial charge in [0.2, 0.25) is 10.0 Å². The Morgan fingerprint density at radius 3 is 2.04 bits per heavy atom. The van der Waals surface area contributed by atoms with Crippen LogP contribution < -0.4 is 9.46 Å². The second kappa shape index (κ2) is 6.59. The quantitative estimate of drug-likeness (QED) is 0.905.